The van der Waals surface area contributed by atoms with Gasteiger partial charge in [0.15, 0.2) is 23.0 Å². The molecule has 144 valence electrons. The zero-order chi connectivity index (χ0) is 19.9. The molecule has 7 nitrogen and oxygen atoms in total. The Morgan fingerprint density at radius 1 is 1.43 bits per heavy atom. The van der Waals surface area contributed by atoms with Gasteiger partial charge in [0.25, 0.3) is 5.91 Å². The van der Waals surface area contributed by atoms with Crippen LogP contribution in [0.25, 0.3) is 0 Å². The second-order valence-corrected chi connectivity index (χ2v) is 6.03. The van der Waals surface area contributed by atoms with E-state index in [1.54, 1.807) is 30.3 Å². The van der Waals surface area contributed by atoms with E-state index in [0.717, 1.165) is 0 Å². The summed E-state index contributed by atoms with van der Waals surface area (Å²) in [6.45, 7) is 0.158. The Kier molecular flexibility index (Phi) is 6.25. The van der Waals surface area contributed by atoms with Crippen LogP contribution in [0.2, 0.25) is 5.02 Å². The van der Waals surface area contributed by atoms with Crippen molar-refractivity contribution in [1.29, 1.82) is 0 Å². The molecule has 0 fully saturated rings. The number of fused-ring (bicyclic) bond motifs is 1. The number of halogens is 1. The predicted octanol–water partition coefficient (Wildman–Crippen LogP) is 2.65. The summed E-state index contributed by atoms with van der Waals surface area (Å²) in [4.78, 5) is 12.2. The highest BCUT2D eigenvalue weighted by Gasteiger charge is 2.27. The van der Waals surface area contributed by atoms with Crippen LogP contribution in [0.5, 0.6) is 23.0 Å². The first-order chi connectivity index (χ1) is 13.6. The maximum atomic E-state index is 12.2. The summed E-state index contributed by atoms with van der Waals surface area (Å²) >= 11 is 6.20. The number of para-hydroxylation sites is 2. The molecule has 1 atom stereocenters. The van der Waals surface area contributed by atoms with Gasteiger partial charge in [-0.2, -0.15) is 5.10 Å². The number of nitrogens with zero attached hydrogens (tertiary/aromatic N) is 1. The molecule has 0 aromatic heterocycles. The smallest absolute Gasteiger partial charge is 0.284 e. The average Bonchev–Trinajstić information content (AvgIpc) is 2.72. The zero-order valence-electron chi connectivity index (χ0n) is 15.0. The van der Waals surface area contributed by atoms with E-state index in [4.69, 9.17) is 37.0 Å². The number of hydrogen-bond acceptors (Lipinski definition) is 6. The lowest BCUT2D eigenvalue weighted by Gasteiger charge is -2.24. The molecule has 0 radical (unpaired) electrons. The lowest BCUT2D eigenvalue weighted by molar-refractivity contribution is -0.130. The van der Waals surface area contributed by atoms with Crippen molar-refractivity contribution in [2.45, 2.75) is 6.10 Å². The Morgan fingerprint density at radius 3 is 2.96 bits per heavy atom. The number of hydrazone groups is 1. The summed E-state index contributed by atoms with van der Waals surface area (Å²) in [5.41, 5.74) is 3.02. The van der Waals surface area contributed by atoms with Crippen LogP contribution in [0, 0.1) is 12.3 Å². The van der Waals surface area contributed by atoms with Crippen LogP contribution < -0.4 is 24.4 Å². The van der Waals surface area contributed by atoms with Crippen molar-refractivity contribution in [3.8, 4) is 35.3 Å². The Labute approximate surface area is 167 Å². The molecule has 1 heterocycles. The molecule has 0 aliphatic carbocycles. The standard InChI is InChI=1S/C20H17ClN2O5/c1-3-8-26-19-14(21)9-13(10-17(19)25-2)11-22-23-20(24)18-12-27-15-6-4-5-7-16(15)28-18/h1,4-7,9-11,18H,8,12H2,2H3,(H,23,24)/b22-11-/t18-/m0/s1. The minimum absolute atomic E-state index is 0.0617. The van der Waals surface area contributed by atoms with Gasteiger partial charge in [0.05, 0.1) is 18.3 Å². The molecular weight excluding hydrogens is 384 g/mol. The van der Waals surface area contributed by atoms with Crippen LogP contribution in [0.1, 0.15) is 5.56 Å². The van der Waals surface area contributed by atoms with E-state index in [-0.39, 0.29) is 13.2 Å². The SMILES string of the molecule is C#CCOc1c(Cl)cc(/C=N\NC(=O)[C@@H]2COc3ccccc3O2)cc1OC. The van der Waals surface area contributed by atoms with Gasteiger partial charge < -0.3 is 18.9 Å². The molecule has 0 spiro atoms. The van der Waals surface area contributed by atoms with Crippen LogP contribution in [-0.4, -0.2) is 38.5 Å². The molecule has 2 aromatic rings. The number of rotatable bonds is 6. The summed E-state index contributed by atoms with van der Waals surface area (Å²) in [6, 6.07) is 10.4. The second kappa shape index (κ2) is 9.02. The molecule has 0 bridgehead atoms. The summed E-state index contributed by atoms with van der Waals surface area (Å²) in [6.07, 6.45) is 5.81. The van der Waals surface area contributed by atoms with E-state index in [0.29, 0.717) is 33.6 Å². The molecule has 0 unspecified atom stereocenters. The number of methoxy groups -OCH3 is 1. The van der Waals surface area contributed by atoms with Gasteiger partial charge in [-0.05, 0) is 29.8 Å². The number of carbonyl (C=O) groups excluding carboxylic acids is 1. The molecule has 0 saturated heterocycles. The number of amides is 1. The molecule has 3 rings (SSSR count). The topological polar surface area (TPSA) is 78.4 Å². The quantitative estimate of drug-likeness (QED) is 0.458. The lowest BCUT2D eigenvalue weighted by Crippen LogP contribution is -2.42. The predicted molar refractivity (Wildman–Crippen MR) is 104 cm³/mol. The zero-order valence-corrected chi connectivity index (χ0v) is 15.7. The van der Waals surface area contributed by atoms with Gasteiger partial charge in [-0.1, -0.05) is 29.7 Å². The van der Waals surface area contributed by atoms with Crippen molar-refractivity contribution >= 4 is 23.7 Å². The normalized spacial score (nSPS) is 15.0. The Hall–Kier alpha value is -3.37. The van der Waals surface area contributed by atoms with Crippen molar-refractivity contribution in [3.05, 3.63) is 47.0 Å². The van der Waals surface area contributed by atoms with E-state index < -0.39 is 12.0 Å². The molecule has 28 heavy (non-hydrogen) atoms. The first-order valence-electron chi connectivity index (χ1n) is 8.27. The largest absolute Gasteiger partial charge is 0.493 e. The summed E-state index contributed by atoms with van der Waals surface area (Å²) in [5, 5.41) is 4.24. The van der Waals surface area contributed by atoms with Crippen LogP contribution in [0.3, 0.4) is 0 Å². The maximum Gasteiger partial charge on any atom is 0.284 e. The van der Waals surface area contributed by atoms with Crippen molar-refractivity contribution < 1.29 is 23.7 Å². The van der Waals surface area contributed by atoms with E-state index in [1.807, 2.05) is 6.07 Å². The third-order valence-electron chi connectivity index (χ3n) is 3.74. The minimum Gasteiger partial charge on any atom is -0.493 e. The maximum absolute atomic E-state index is 12.2. The molecular formula is C20H17ClN2O5. The van der Waals surface area contributed by atoms with Crippen molar-refractivity contribution in [2.24, 2.45) is 5.10 Å². The Balaban J connectivity index is 1.64. The fourth-order valence-corrected chi connectivity index (χ4v) is 2.73. The number of ether oxygens (including phenoxy) is 4. The molecule has 1 aliphatic heterocycles. The summed E-state index contributed by atoms with van der Waals surface area (Å²) in [7, 11) is 1.48. The molecule has 1 amide bonds. The van der Waals surface area contributed by atoms with Crippen LogP contribution in [-0.2, 0) is 4.79 Å². The van der Waals surface area contributed by atoms with Crippen LogP contribution in [0.15, 0.2) is 41.5 Å². The fourth-order valence-electron chi connectivity index (χ4n) is 2.46. The fraction of sp³-hybridized carbons (Fsp3) is 0.200. The average molecular weight is 401 g/mol. The highest BCUT2D eigenvalue weighted by Crippen LogP contribution is 2.36. The number of benzene rings is 2. The summed E-state index contributed by atoms with van der Waals surface area (Å²) < 4.78 is 21.8. The second-order valence-electron chi connectivity index (χ2n) is 5.63. The van der Waals surface area contributed by atoms with Gasteiger partial charge in [-0.25, -0.2) is 5.43 Å². The van der Waals surface area contributed by atoms with E-state index in [9.17, 15) is 4.79 Å². The van der Waals surface area contributed by atoms with E-state index >= 15 is 0 Å². The Morgan fingerprint density at radius 2 is 2.21 bits per heavy atom. The van der Waals surface area contributed by atoms with Crippen LogP contribution >= 0.6 is 11.6 Å². The van der Waals surface area contributed by atoms with E-state index in [1.165, 1.54) is 13.3 Å². The molecule has 0 saturated carbocycles. The summed E-state index contributed by atoms with van der Waals surface area (Å²) in [5.74, 6) is 3.78. The highest BCUT2D eigenvalue weighted by atomic mass is 35.5. The van der Waals surface area contributed by atoms with Gasteiger partial charge >= 0.3 is 0 Å². The number of nitrogens with one attached hydrogen (secondary N) is 1. The van der Waals surface area contributed by atoms with Gasteiger partial charge in [0.2, 0.25) is 6.10 Å². The van der Waals surface area contributed by atoms with Gasteiger partial charge in [0, 0.05) is 0 Å². The lowest BCUT2D eigenvalue weighted by atomic mass is 10.2. The van der Waals surface area contributed by atoms with Crippen molar-refractivity contribution in [1.82, 2.24) is 5.43 Å². The monoisotopic (exact) mass is 400 g/mol. The molecule has 8 heteroatoms. The first-order valence-corrected chi connectivity index (χ1v) is 8.65. The first kappa shape index (κ1) is 19.4. The van der Waals surface area contributed by atoms with Crippen molar-refractivity contribution in [2.75, 3.05) is 20.3 Å². The van der Waals surface area contributed by atoms with Gasteiger partial charge in [-0.15, -0.1) is 6.42 Å². The molecule has 1 N–H and O–H groups in total. The van der Waals surface area contributed by atoms with Crippen molar-refractivity contribution in [3.63, 3.8) is 0 Å². The molecule has 1 aliphatic rings. The van der Waals surface area contributed by atoms with E-state index in [2.05, 4.69) is 16.4 Å². The Bertz CT molecular complexity index is 939. The highest BCUT2D eigenvalue weighted by molar-refractivity contribution is 6.32. The third-order valence-corrected chi connectivity index (χ3v) is 4.02. The third kappa shape index (κ3) is 4.48. The number of hydrogen-bond donors (Lipinski definition) is 1. The van der Waals surface area contributed by atoms with Gasteiger partial charge in [0.1, 0.15) is 13.2 Å². The molecule has 2 aromatic carbocycles. The minimum atomic E-state index is -0.801. The van der Waals surface area contributed by atoms with Gasteiger partial charge in [-0.3, -0.25) is 4.79 Å². The van der Waals surface area contributed by atoms with Crippen LogP contribution in [0.4, 0.5) is 0 Å². The number of terminal acetylenes is 1. The number of carbonyl (C=O) groups is 1.